The number of hydrogen-bond acceptors (Lipinski definition) is 18. The minimum absolute atomic E-state index is 0.0214. The van der Waals surface area contributed by atoms with Crippen LogP contribution in [0.25, 0.3) is 0 Å². The molecule has 26 nitrogen and oxygen atoms in total. The topological polar surface area (TPSA) is 434 Å². The molecule has 0 bridgehead atoms. The number of aromatic hydroxyl groups is 8. The number of phenols is 8. The molecule has 68 heavy (non-hydrogen) atoms. The fraction of sp³-hybridized carbons (Fsp3) is 0.238. The van der Waals surface area contributed by atoms with Gasteiger partial charge in [-0.15, -0.1) is 0 Å². The molecule has 0 heterocycles. The first-order chi connectivity index (χ1) is 32.1. The summed E-state index contributed by atoms with van der Waals surface area (Å²) in [4.78, 5) is 101. The molecule has 0 aromatic heterocycles. The highest BCUT2D eigenvalue weighted by Crippen LogP contribution is 2.35. The van der Waals surface area contributed by atoms with Gasteiger partial charge < -0.3 is 82.5 Å². The van der Waals surface area contributed by atoms with Crippen molar-refractivity contribution in [2.24, 2.45) is 0 Å². The van der Waals surface area contributed by atoms with E-state index in [1.807, 2.05) is 0 Å². The van der Waals surface area contributed by atoms with Crippen LogP contribution < -0.4 is 21.3 Å². The molecule has 4 rings (SSSR count). The number of carbonyl (C=O) groups excluding carboxylic acids is 4. The zero-order valence-electron chi connectivity index (χ0n) is 35.2. The van der Waals surface area contributed by atoms with Crippen LogP contribution in [0.5, 0.6) is 46.0 Å². The maximum absolute atomic E-state index is 13.0. The predicted octanol–water partition coefficient (Wildman–Crippen LogP) is -0.252. The molecular weight excluding hydrogens is 908 g/mol. The Balaban J connectivity index is 1.53. The molecule has 4 aromatic carbocycles. The second-order valence-corrected chi connectivity index (χ2v) is 14.4. The van der Waals surface area contributed by atoms with Crippen molar-refractivity contribution < 1.29 is 99.6 Å². The van der Waals surface area contributed by atoms with Crippen molar-refractivity contribution in [3.8, 4) is 46.0 Å². The monoisotopic (exact) mass is 952 g/mol. The van der Waals surface area contributed by atoms with Gasteiger partial charge in [-0.05, 0) is 48.5 Å². The summed E-state index contributed by atoms with van der Waals surface area (Å²) in [6, 6.07) is 7.48. The molecule has 0 saturated carbocycles. The number of nitrogens with one attached hydrogen (secondary N) is 4. The second-order valence-electron chi connectivity index (χ2n) is 14.4. The summed E-state index contributed by atoms with van der Waals surface area (Å²) >= 11 is 0. The zero-order chi connectivity index (χ0) is 50.6. The number of benzene rings is 4. The lowest BCUT2D eigenvalue weighted by atomic mass is 10.1. The molecule has 0 saturated heterocycles. The Kier molecular flexibility index (Phi) is 17.2. The van der Waals surface area contributed by atoms with Crippen molar-refractivity contribution in [1.82, 2.24) is 31.1 Å². The molecule has 362 valence electrons. The van der Waals surface area contributed by atoms with Crippen molar-refractivity contribution in [2.75, 3.05) is 65.4 Å². The van der Waals surface area contributed by atoms with E-state index in [1.54, 1.807) is 9.80 Å². The van der Waals surface area contributed by atoms with Crippen LogP contribution in [0.2, 0.25) is 0 Å². The minimum Gasteiger partial charge on any atom is -0.504 e. The van der Waals surface area contributed by atoms with Crippen LogP contribution in [0.1, 0.15) is 82.9 Å². The molecule has 0 aliphatic carbocycles. The summed E-state index contributed by atoms with van der Waals surface area (Å²) in [5.41, 5.74) is -4.57. The van der Waals surface area contributed by atoms with Crippen LogP contribution in [0, 0.1) is 0 Å². The van der Waals surface area contributed by atoms with E-state index < -0.39 is 138 Å². The number of carbonyl (C=O) groups is 8. The maximum atomic E-state index is 13.0. The lowest BCUT2D eigenvalue weighted by Crippen LogP contribution is -2.45. The van der Waals surface area contributed by atoms with Gasteiger partial charge in [0.05, 0.1) is 22.3 Å². The Hall–Kier alpha value is -9.04. The first kappa shape index (κ1) is 51.6. The molecule has 4 aromatic rings. The number of phenolic OH excluding ortho intramolecular Hbond substituents is 4. The highest BCUT2D eigenvalue weighted by molar-refractivity contribution is 6.03. The quantitative estimate of drug-likeness (QED) is 0.0426. The van der Waals surface area contributed by atoms with Crippen molar-refractivity contribution in [2.45, 2.75) is 0 Å². The molecule has 0 aliphatic heterocycles. The van der Waals surface area contributed by atoms with E-state index in [4.69, 9.17) is 0 Å². The summed E-state index contributed by atoms with van der Waals surface area (Å²) in [5, 5.41) is 128. The highest BCUT2D eigenvalue weighted by atomic mass is 16.4. The number of carboxylic acids is 4. The van der Waals surface area contributed by atoms with Crippen LogP contribution in [-0.2, 0) is 0 Å². The molecule has 0 radical (unpaired) electrons. The fourth-order valence-corrected chi connectivity index (χ4v) is 6.39. The van der Waals surface area contributed by atoms with Gasteiger partial charge in [-0.2, -0.15) is 0 Å². The van der Waals surface area contributed by atoms with Crippen LogP contribution >= 0.6 is 0 Å². The van der Waals surface area contributed by atoms with Crippen LogP contribution in [0.15, 0.2) is 48.5 Å². The van der Waals surface area contributed by atoms with Crippen molar-refractivity contribution in [3.63, 3.8) is 0 Å². The highest BCUT2D eigenvalue weighted by Gasteiger charge is 2.25. The van der Waals surface area contributed by atoms with Gasteiger partial charge in [-0.25, -0.2) is 19.2 Å². The molecule has 0 fully saturated rings. The lowest BCUT2D eigenvalue weighted by Gasteiger charge is -2.28. The molecule has 0 aliphatic rings. The number of rotatable bonds is 23. The van der Waals surface area contributed by atoms with Crippen molar-refractivity contribution >= 4 is 47.5 Å². The van der Waals surface area contributed by atoms with Gasteiger partial charge in [0.1, 0.15) is 22.3 Å². The first-order valence-corrected chi connectivity index (χ1v) is 19.8. The standard InChI is InChI=1S/C42H44N6O20/c49-27-19(1-5-23(31(27)53)39(61)62)35(57)43-9-13-47(14-10-44-36(58)20-2-6-24(40(63)64)32(54)28(20)50)17-18-48(15-11-45-37(59)21-3-7-25(41(65)66)33(55)29(21)51)16-12-46-38(60)22-4-8-26(42(67)68)34(56)30(22)52/h1-8,49-56H,9-18H2,(H,43,57)(H,44,58)(H,45,59)(H,46,60)(H,61,62)(H,63,64)(H,65,66)(H,67,68). The van der Waals surface area contributed by atoms with Gasteiger partial charge in [0.2, 0.25) is 0 Å². The Labute approximate surface area is 382 Å². The Morgan fingerprint density at radius 2 is 0.456 bits per heavy atom. The summed E-state index contributed by atoms with van der Waals surface area (Å²) in [5.74, 6) is -18.2. The molecule has 26 heteroatoms. The Morgan fingerprint density at radius 1 is 0.294 bits per heavy atom. The maximum Gasteiger partial charge on any atom is 0.339 e. The SMILES string of the molecule is O=C(O)c1ccc(C(=O)NCCN(CCNC(=O)c2ccc(C(=O)O)c(O)c2O)CCN(CCNC(=O)c2ccc(C(=O)O)c(O)c2O)CCNC(=O)c2ccc(C(=O)O)c(O)c2O)c(O)c1O. The predicted molar refractivity (Wildman–Crippen MR) is 229 cm³/mol. The van der Waals surface area contributed by atoms with E-state index in [0.29, 0.717) is 0 Å². The van der Waals surface area contributed by atoms with Gasteiger partial charge in [0, 0.05) is 65.4 Å². The van der Waals surface area contributed by atoms with Crippen LogP contribution in [0.4, 0.5) is 0 Å². The smallest absolute Gasteiger partial charge is 0.339 e. The van der Waals surface area contributed by atoms with E-state index in [-0.39, 0.29) is 65.4 Å². The van der Waals surface area contributed by atoms with Crippen LogP contribution in [0.3, 0.4) is 0 Å². The van der Waals surface area contributed by atoms with E-state index in [0.717, 1.165) is 48.5 Å². The van der Waals surface area contributed by atoms with Crippen molar-refractivity contribution in [1.29, 1.82) is 0 Å². The van der Waals surface area contributed by atoms with Gasteiger partial charge in [-0.3, -0.25) is 29.0 Å². The zero-order valence-corrected chi connectivity index (χ0v) is 35.2. The lowest BCUT2D eigenvalue weighted by molar-refractivity contribution is 0.0681. The third-order valence-corrected chi connectivity index (χ3v) is 10.1. The molecule has 0 unspecified atom stereocenters. The molecule has 0 spiro atoms. The first-order valence-electron chi connectivity index (χ1n) is 19.8. The number of hydrogen-bond donors (Lipinski definition) is 16. The number of aromatic carboxylic acids is 4. The average molecular weight is 953 g/mol. The molecule has 4 amide bonds. The minimum atomic E-state index is -1.57. The van der Waals surface area contributed by atoms with Crippen molar-refractivity contribution in [3.05, 3.63) is 93.0 Å². The Morgan fingerprint density at radius 3 is 0.632 bits per heavy atom. The number of amides is 4. The molecule has 0 atom stereocenters. The third kappa shape index (κ3) is 12.4. The van der Waals surface area contributed by atoms with Gasteiger partial charge in [0.25, 0.3) is 23.6 Å². The number of nitrogens with zero attached hydrogens (tertiary/aromatic N) is 2. The van der Waals surface area contributed by atoms with Gasteiger partial charge >= 0.3 is 23.9 Å². The summed E-state index contributed by atoms with van der Waals surface area (Å²) in [6.07, 6.45) is 0. The summed E-state index contributed by atoms with van der Waals surface area (Å²) in [7, 11) is 0. The average Bonchev–Trinajstić information content (AvgIpc) is 3.27. The van der Waals surface area contributed by atoms with E-state index >= 15 is 0 Å². The van der Waals surface area contributed by atoms with E-state index in [1.165, 1.54) is 0 Å². The van der Waals surface area contributed by atoms with Crippen LogP contribution in [-0.4, -0.2) is 184 Å². The fourth-order valence-electron chi connectivity index (χ4n) is 6.39. The Bertz CT molecular complexity index is 2300. The van der Waals surface area contributed by atoms with E-state index in [9.17, 15) is 99.6 Å². The second kappa shape index (κ2) is 22.7. The van der Waals surface area contributed by atoms with E-state index in [2.05, 4.69) is 21.3 Å². The third-order valence-electron chi connectivity index (χ3n) is 10.1. The number of carboxylic acid groups (broad SMARTS) is 4. The summed E-state index contributed by atoms with van der Waals surface area (Å²) < 4.78 is 0. The summed E-state index contributed by atoms with van der Waals surface area (Å²) in [6.45, 7) is -0.694. The largest absolute Gasteiger partial charge is 0.504 e. The molecule has 16 N–H and O–H groups in total. The molecular formula is C42H44N6O20. The van der Waals surface area contributed by atoms with Gasteiger partial charge in [-0.1, -0.05) is 0 Å². The van der Waals surface area contributed by atoms with Gasteiger partial charge in [0.15, 0.2) is 46.0 Å². The normalized spacial score (nSPS) is 10.9.